The number of H-pyrrole nitrogens is 1. The number of piperidine rings is 1. The van der Waals surface area contributed by atoms with Gasteiger partial charge in [-0.1, -0.05) is 13.0 Å². The molecule has 4 rings (SSSR count). The smallest absolute Gasteiger partial charge is 0.253 e. The highest BCUT2D eigenvalue weighted by Crippen LogP contribution is 2.42. The van der Waals surface area contributed by atoms with Gasteiger partial charge in [0, 0.05) is 43.7 Å². The summed E-state index contributed by atoms with van der Waals surface area (Å²) in [5.74, 6) is -0.415. The van der Waals surface area contributed by atoms with Crippen molar-refractivity contribution in [3.05, 3.63) is 52.9 Å². The van der Waals surface area contributed by atoms with E-state index in [1.54, 1.807) is 30.3 Å². The maximum atomic E-state index is 13.9. The molecule has 2 aromatic rings. The molecule has 1 aromatic carbocycles. The number of rotatable bonds is 2. The van der Waals surface area contributed by atoms with Crippen LogP contribution in [-0.2, 0) is 16.8 Å². The summed E-state index contributed by atoms with van der Waals surface area (Å²) < 4.78 is 13.9. The molecule has 148 valence electrons. The highest BCUT2D eigenvalue weighted by atomic mass is 19.1. The largest absolute Gasteiger partial charge is 0.348 e. The first-order valence-electron chi connectivity index (χ1n) is 9.85. The Hall–Kier alpha value is -2.70. The number of hydrogen-bond donors (Lipinski definition) is 1. The van der Waals surface area contributed by atoms with Gasteiger partial charge >= 0.3 is 0 Å². The molecular weight excluding hydrogens is 359 g/mol. The molecule has 1 spiro atoms. The standard InChI is InChI=1S/C21H25FN4O2/c1-3-18(27)26-9-6-17-19(24-13-23-17)21(26)7-10-25(11-8-21)20(28)15-5-4-14(2)16(22)12-15/h4-5,12-13H,3,6-11H2,1-2H3,(H,23,24). The second-order valence-electron chi connectivity index (χ2n) is 7.67. The van der Waals surface area contributed by atoms with Crippen molar-refractivity contribution in [2.24, 2.45) is 0 Å². The first-order chi connectivity index (χ1) is 13.5. The number of hydrogen-bond acceptors (Lipinski definition) is 3. The third-order valence-corrected chi connectivity index (χ3v) is 6.16. The number of nitrogens with one attached hydrogen (secondary N) is 1. The summed E-state index contributed by atoms with van der Waals surface area (Å²) in [7, 11) is 0. The van der Waals surface area contributed by atoms with E-state index < -0.39 is 5.54 Å². The van der Waals surface area contributed by atoms with Crippen LogP contribution >= 0.6 is 0 Å². The Morgan fingerprint density at radius 3 is 2.68 bits per heavy atom. The molecule has 0 radical (unpaired) electrons. The second-order valence-corrected chi connectivity index (χ2v) is 7.67. The van der Waals surface area contributed by atoms with Gasteiger partial charge < -0.3 is 14.8 Å². The fourth-order valence-corrected chi connectivity index (χ4v) is 4.53. The highest BCUT2D eigenvalue weighted by molar-refractivity contribution is 5.94. The van der Waals surface area contributed by atoms with E-state index in [0.29, 0.717) is 50.0 Å². The fourth-order valence-electron chi connectivity index (χ4n) is 4.53. The number of fused-ring (bicyclic) bond motifs is 2. The quantitative estimate of drug-likeness (QED) is 0.866. The summed E-state index contributed by atoms with van der Waals surface area (Å²) in [4.78, 5) is 37.0. The van der Waals surface area contributed by atoms with Crippen LogP contribution in [0.3, 0.4) is 0 Å². The van der Waals surface area contributed by atoms with Crippen LogP contribution in [0.15, 0.2) is 24.5 Å². The van der Waals surface area contributed by atoms with E-state index in [-0.39, 0.29) is 17.6 Å². The number of halogens is 1. The van der Waals surface area contributed by atoms with E-state index in [4.69, 9.17) is 0 Å². The molecular formula is C21H25FN4O2. The zero-order valence-corrected chi connectivity index (χ0v) is 16.3. The van der Waals surface area contributed by atoms with E-state index >= 15 is 0 Å². The Bertz CT molecular complexity index is 915. The molecule has 0 bridgehead atoms. The zero-order valence-electron chi connectivity index (χ0n) is 16.3. The van der Waals surface area contributed by atoms with Gasteiger partial charge in [0.1, 0.15) is 5.82 Å². The van der Waals surface area contributed by atoms with Crippen LogP contribution in [-0.4, -0.2) is 51.2 Å². The minimum atomic E-state index is -0.462. The van der Waals surface area contributed by atoms with Crippen LogP contribution in [0.25, 0.3) is 0 Å². The number of imidazole rings is 1. The number of carbonyl (C=O) groups excluding carboxylic acids is 2. The molecule has 7 heteroatoms. The van der Waals surface area contributed by atoms with Gasteiger partial charge in [-0.15, -0.1) is 0 Å². The normalized spacial score (nSPS) is 18.2. The average molecular weight is 384 g/mol. The molecule has 2 aliphatic heterocycles. The van der Waals surface area contributed by atoms with Crippen LogP contribution in [0.4, 0.5) is 4.39 Å². The summed E-state index contributed by atoms with van der Waals surface area (Å²) in [6, 6.07) is 4.61. The Kier molecular flexibility index (Phi) is 4.69. The van der Waals surface area contributed by atoms with Crippen molar-refractivity contribution in [3.63, 3.8) is 0 Å². The minimum Gasteiger partial charge on any atom is -0.348 e. The van der Waals surface area contributed by atoms with E-state index in [9.17, 15) is 14.0 Å². The zero-order chi connectivity index (χ0) is 19.9. The topological polar surface area (TPSA) is 69.3 Å². The van der Waals surface area contributed by atoms with Crippen LogP contribution in [0.5, 0.6) is 0 Å². The van der Waals surface area contributed by atoms with Crippen molar-refractivity contribution < 1.29 is 14.0 Å². The van der Waals surface area contributed by atoms with Gasteiger partial charge in [-0.25, -0.2) is 9.37 Å². The predicted octanol–water partition coefficient (Wildman–Crippen LogP) is 2.78. The Balaban J connectivity index is 1.58. The molecule has 1 saturated heterocycles. The van der Waals surface area contributed by atoms with Crippen molar-refractivity contribution in [2.75, 3.05) is 19.6 Å². The summed E-state index contributed by atoms with van der Waals surface area (Å²) in [6.45, 7) is 5.24. The first kappa shape index (κ1) is 18.7. The SMILES string of the molecule is CCC(=O)N1CCc2[nH]cnc2C12CCN(C(=O)c1ccc(C)c(F)c1)CC2. The maximum absolute atomic E-state index is 13.9. The number of amides is 2. The van der Waals surface area contributed by atoms with Crippen molar-refractivity contribution in [1.29, 1.82) is 0 Å². The lowest BCUT2D eigenvalue weighted by Crippen LogP contribution is -2.58. The van der Waals surface area contributed by atoms with Crippen molar-refractivity contribution >= 4 is 11.8 Å². The number of nitrogens with zero attached hydrogens (tertiary/aromatic N) is 3. The lowest BCUT2D eigenvalue weighted by molar-refractivity contribution is -0.141. The van der Waals surface area contributed by atoms with Crippen LogP contribution in [0, 0.1) is 12.7 Å². The average Bonchev–Trinajstić information content (AvgIpc) is 3.20. The molecule has 28 heavy (non-hydrogen) atoms. The molecule has 0 aliphatic carbocycles. The predicted molar refractivity (Wildman–Crippen MR) is 102 cm³/mol. The highest BCUT2D eigenvalue weighted by Gasteiger charge is 2.48. The maximum Gasteiger partial charge on any atom is 0.253 e. The van der Waals surface area contributed by atoms with E-state index in [1.807, 2.05) is 11.8 Å². The lowest BCUT2D eigenvalue weighted by atomic mass is 9.78. The van der Waals surface area contributed by atoms with Crippen molar-refractivity contribution in [1.82, 2.24) is 19.8 Å². The van der Waals surface area contributed by atoms with Gasteiger partial charge in [-0.05, 0) is 37.5 Å². The third kappa shape index (κ3) is 2.89. The minimum absolute atomic E-state index is 0.119. The molecule has 3 heterocycles. The molecule has 0 atom stereocenters. The number of carbonyl (C=O) groups is 2. The fraction of sp³-hybridized carbons (Fsp3) is 0.476. The van der Waals surface area contributed by atoms with Crippen LogP contribution in [0.2, 0.25) is 0 Å². The van der Waals surface area contributed by atoms with Gasteiger partial charge in [0.2, 0.25) is 5.91 Å². The van der Waals surface area contributed by atoms with Gasteiger partial charge in [-0.3, -0.25) is 9.59 Å². The molecule has 2 amide bonds. The van der Waals surface area contributed by atoms with Gasteiger partial charge in [-0.2, -0.15) is 0 Å². The summed E-state index contributed by atoms with van der Waals surface area (Å²) in [5.41, 5.74) is 2.45. The summed E-state index contributed by atoms with van der Waals surface area (Å²) in [5, 5.41) is 0. The number of aromatic nitrogens is 2. The molecule has 6 nitrogen and oxygen atoms in total. The molecule has 1 N–H and O–H groups in total. The molecule has 1 aromatic heterocycles. The number of aromatic amines is 1. The Morgan fingerprint density at radius 1 is 1.25 bits per heavy atom. The molecule has 0 saturated carbocycles. The van der Waals surface area contributed by atoms with Crippen molar-refractivity contribution in [2.45, 2.75) is 45.1 Å². The van der Waals surface area contributed by atoms with E-state index in [1.165, 1.54) is 6.07 Å². The summed E-state index contributed by atoms with van der Waals surface area (Å²) >= 11 is 0. The second kappa shape index (κ2) is 7.04. The van der Waals surface area contributed by atoms with Crippen LogP contribution in [0.1, 0.15) is 53.5 Å². The molecule has 2 aliphatic rings. The van der Waals surface area contributed by atoms with Gasteiger partial charge in [0.15, 0.2) is 0 Å². The van der Waals surface area contributed by atoms with E-state index in [2.05, 4.69) is 9.97 Å². The van der Waals surface area contributed by atoms with E-state index in [0.717, 1.165) is 17.8 Å². The van der Waals surface area contributed by atoms with Crippen LogP contribution < -0.4 is 0 Å². The molecule has 0 unspecified atom stereocenters. The van der Waals surface area contributed by atoms with Gasteiger partial charge in [0.05, 0.1) is 17.6 Å². The number of aryl methyl sites for hydroxylation is 1. The first-order valence-corrected chi connectivity index (χ1v) is 9.85. The summed E-state index contributed by atoms with van der Waals surface area (Å²) in [6.07, 6.45) is 4.19. The third-order valence-electron chi connectivity index (χ3n) is 6.16. The monoisotopic (exact) mass is 384 g/mol. The Morgan fingerprint density at radius 2 is 2.00 bits per heavy atom. The van der Waals surface area contributed by atoms with Gasteiger partial charge in [0.25, 0.3) is 5.91 Å². The number of likely N-dealkylation sites (tertiary alicyclic amines) is 1. The number of benzene rings is 1. The lowest BCUT2D eigenvalue weighted by Gasteiger charge is -2.50. The molecule has 1 fully saturated rings. The van der Waals surface area contributed by atoms with Crippen molar-refractivity contribution in [3.8, 4) is 0 Å². The Labute approximate surface area is 163 Å².